The average molecular weight is 299 g/mol. The van der Waals surface area contributed by atoms with Crippen molar-refractivity contribution >= 4 is 5.91 Å². The highest BCUT2D eigenvalue weighted by molar-refractivity contribution is 5.94. The lowest BCUT2D eigenvalue weighted by Gasteiger charge is -2.15. The second kappa shape index (κ2) is 6.53. The van der Waals surface area contributed by atoms with Gasteiger partial charge in [-0.1, -0.05) is 0 Å². The number of aromatic nitrogens is 2. The third-order valence-corrected chi connectivity index (χ3v) is 3.53. The molecule has 1 amide bonds. The quantitative estimate of drug-likeness (QED) is 0.786. The predicted octanol–water partition coefficient (Wildman–Crippen LogP) is 1.66. The van der Waals surface area contributed by atoms with Gasteiger partial charge in [0.05, 0.1) is 18.8 Å². The summed E-state index contributed by atoms with van der Waals surface area (Å²) in [6.45, 7) is 2.11. The maximum Gasteiger partial charge on any atom is 0.254 e. The fourth-order valence-electron chi connectivity index (χ4n) is 2.36. The van der Waals surface area contributed by atoms with Gasteiger partial charge in [0.2, 0.25) is 0 Å². The molecule has 0 saturated carbocycles. The van der Waals surface area contributed by atoms with Crippen LogP contribution in [0.15, 0.2) is 36.8 Å². The fraction of sp³-hybridized carbons (Fsp3) is 0.312. The maximum absolute atomic E-state index is 12.5. The Balaban J connectivity index is 1.64. The molecule has 0 aliphatic carbocycles. The molecule has 22 heavy (non-hydrogen) atoms. The number of ether oxygens (including phenoxy) is 2. The van der Waals surface area contributed by atoms with Gasteiger partial charge in [-0.15, -0.1) is 0 Å². The molecule has 0 unspecified atom stereocenters. The summed E-state index contributed by atoms with van der Waals surface area (Å²) in [6.07, 6.45) is 3.28. The Kier molecular flexibility index (Phi) is 4.29. The van der Waals surface area contributed by atoms with Crippen molar-refractivity contribution < 1.29 is 14.3 Å². The molecule has 2 heterocycles. The minimum Gasteiger partial charge on any atom is -0.491 e. The second-order valence-electron chi connectivity index (χ2n) is 5.02. The Morgan fingerprint density at radius 2 is 2.05 bits per heavy atom. The van der Waals surface area contributed by atoms with Gasteiger partial charge in [-0.2, -0.15) is 0 Å². The fourth-order valence-corrected chi connectivity index (χ4v) is 2.36. The lowest BCUT2D eigenvalue weighted by Crippen LogP contribution is -2.25. The van der Waals surface area contributed by atoms with Crippen LogP contribution in [0.1, 0.15) is 21.6 Å². The Labute approximate surface area is 128 Å². The van der Waals surface area contributed by atoms with Crippen LogP contribution < -0.4 is 4.74 Å². The van der Waals surface area contributed by atoms with Gasteiger partial charge >= 0.3 is 0 Å². The summed E-state index contributed by atoms with van der Waals surface area (Å²) in [6, 6.07) is 7.15. The van der Waals surface area contributed by atoms with Gasteiger partial charge in [-0.05, 0) is 24.3 Å². The predicted molar refractivity (Wildman–Crippen MR) is 79.4 cm³/mol. The van der Waals surface area contributed by atoms with Crippen molar-refractivity contribution in [3.05, 3.63) is 53.6 Å². The topological polar surface area (TPSA) is 64.6 Å². The molecule has 0 atom stereocenters. The molecule has 114 valence electrons. The highest BCUT2D eigenvalue weighted by atomic mass is 16.5. The smallest absolute Gasteiger partial charge is 0.254 e. The van der Waals surface area contributed by atoms with Crippen molar-refractivity contribution in [3.8, 4) is 5.75 Å². The first-order chi connectivity index (χ1) is 10.8. The minimum absolute atomic E-state index is 0.0126. The van der Waals surface area contributed by atoms with Crippen LogP contribution in [0.25, 0.3) is 0 Å². The number of nitrogens with zero attached hydrogens (tertiary/aromatic N) is 3. The number of carbonyl (C=O) groups is 1. The van der Waals surface area contributed by atoms with Crippen LogP contribution in [0.2, 0.25) is 0 Å². The van der Waals surface area contributed by atoms with E-state index in [4.69, 9.17) is 9.47 Å². The number of hydrogen-bond acceptors (Lipinski definition) is 5. The van der Waals surface area contributed by atoms with Gasteiger partial charge in [-0.25, -0.2) is 9.97 Å². The minimum atomic E-state index is -0.0126. The molecule has 0 fully saturated rings. The zero-order valence-corrected chi connectivity index (χ0v) is 12.4. The van der Waals surface area contributed by atoms with Crippen LogP contribution in [0.4, 0.5) is 0 Å². The molecule has 3 rings (SSSR count). The van der Waals surface area contributed by atoms with Crippen LogP contribution in [0.3, 0.4) is 0 Å². The molecule has 1 aliphatic heterocycles. The van der Waals surface area contributed by atoms with E-state index in [1.165, 1.54) is 6.33 Å². The molecular weight excluding hydrogens is 282 g/mol. The number of rotatable bonds is 5. The molecule has 6 heteroatoms. The van der Waals surface area contributed by atoms with Crippen molar-refractivity contribution in [2.45, 2.75) is 13.1 Å². The Hall–Kier alpha value is -2.47. The summed E-state index contributed by atoms with van der Waals surface area (Å²) in [5.41, 5.74) is 2.57. The molecule has 1 aromatic heterocycles. The van der Waals surface area contributed by atoms with Crippen molar-refractivity contribution in [2.24, 2.45) is 0 Å². The number of benzene rings is 1. The van der Waals surface area contributed by atoms with Gasteiger partial charge < -0.3 is 14.4 Å². The average Bonchev–Trinajstić information content (AvgIpc) is 2.99. The molecule has 1 aliphatic rings. The molecule has 0 spiro atoms. The van der Waals surface area contributed by atoms with Crippen LogP contribution in [-0.2, 0) is 17.8 Å². The van der Waals surface area contributed by atoms with Gasteiger partial charge in [-0.3, -0.25) is 4.79 Å². The molecule has 6 nitrogen and oxygen atoms in total. The Morgan fingerprint density at radius 3 is 2.77 bits per heavy atom. The first kappa shape index (κ1) is 14.5. The number of amides is 1. The van der Waals surface area contributed by atoms with E-state index in [9.17, 15) is 4.79 Å². The van der Waals surface area contributed by atoms with E-state index in [1.807, 2.05) is 0 Å². The number of methoxy groups -OCH3 is 1. The van der Waals surface area contributed by atoms with E-state index >= 15 is 0 Å². The van der Waals surface area contributed by atoms with Crippen molar-refractivity contribution in [1.82, 2.24) is 14.9 Å². The van der Waals surface area contributed by atoms with E-state index in [2.05, 4.69) is 9.97 Å². The monoisotopic (exact) mass is 299 g/mol. The van der Waals surface area contributed by atoms with Crippen LogP contribution in [0, 0.1) is 0 Å². The lowest BCUT2D eigenvalue weighted by molar-refractivity contribution is 0.0750. The highest BCUT2D eigenvalue weighted by Crippen LogP contribution is 2.22. The Bertz CT molecular complexity index is 633. The zero-order chi connectivity index (χ0) is 15.4. The van der Waals surface area contributed by atoms with Crippen molar-refractivity contribution in [3.63, 3.8) is 0 Å². The van der Waals surface area contributed by atoms with Gasteiger partial charge in [0.15, 0.2) is 0 Å². The first-order valence-corrected chi connectivity index (χ1v) is 7.07. The maximum atomic E-state index is 12.5. The van der Waals surface area contributed by atoms with E-state index in [0.717, 1.165) is 17.0 Å². The number of carbonyl (C=O) groups excluding carboxylic acids is 1. The second-order valence-corrected chi connectivity index (χ2v) is 5.02. The largest absolute Gasteiger partial charge is 0.491 e. The summed E-state index contributed by atoms with van der Waals surface area (Å²) in [5, 5.41) is 0. The molecule has 0 bridgehead atoms. The zero-order valence-electron chi connectivity index (χ0n) is 12.4. The molecule has 0 N–H and O–H groups in total. The van der Waals surface area contributed by atoms with E-state index in [0.29, 0.717) is 31.9 Å². The third kappa shape index (κ3) is 3.07. The highest BCUT2D eigenvalue weighted by Gasteiger charge is 2.25. The summed E-state index contributed by atoms with van der Waals surface area (Å²) in [4.78, 5) is 22.5. The summed E-state index contributed by atoms with van der Waals surface area (Å²) < 4.78 is 10.4. The molecule has 0 radical (unpaired) electrons. The number of fused-ring (bicyclic) bond motifs is 1. The summed E-state index contributed by atoms with van der Waals surface area (Å²) >= 11 is 0. The number of hydrogen-bond donors (Lipinski definition) is 0. The van der Waals surface area contributed by atoms with E-state index in [-0.39, 0.29) is 5.91 Å². The Morgan fingerprint density at radius 1 is 1.23 bits per heavy atom. The summed E-state index contributed by atoms with van der Waals surface area (Å²) in [7, 11) is 1.63. The van der Waals surface area contributed by atoms with E-state index < -0.39 is 0 Å². The lowest BCUT2D eigenvalue weighted by atomic mass is 10.2. The standard InChI is InChI=1S/C16H17N3O3/c1-21-6-7-22-14-4-2-12(3-5-14)16(20)19-9-13-8-17-11-18-15(13)10-19/h2-5,8,11H,6-7,9-10H2,1H3. The molecule has 0 saturated heterocycles. The van der Waals surface area contributed by atoms with Crippen molar-refractivity contribution in [1.29, 1.82) is 0 Å². The van der Waals surface area contributed by atoms with Crippen LogP contribution in [0.5, 0.6) is 5.75 Å². The van der Waals surface area contributed by atoms with Gasteiger partial charge in [0.25, 0.3) is 5.91 Å². The first-order valence-electron chi connectivity index (χ1n) is 7.07. The van der Waals surface area contributed by atoms with Crippen LogP contribution in [-0.4, -0.2) is 41.1 Å². The van der Waals surface area contributed by atoms with Crippen LogP contribution >= 0.6 is 0 Å². The van der Waals surface area contributed by atoms with E-state index in [1.54, 1.807) is 42.5 Å². The third-order valence-electron chi connectivity index (χ3n) is 3.53. The van der Waals surface area contributed by atoms with Gasteiger partial charge in [0, 0.05) is 31.0 Å². The normalized spacial score (nSPS) is 13.0. The SMILES string of the molecule is COCCOc1ccc(C(=O)N2Cc3cncnc3C2)cc1. The summed E-state index contributed by atoms with van der Waals surface area (Å²) in [5.74, 6) is 0.714. The van der Waals surface area contributed by atoms with Crippen molar-refractivity contribution in [2.75, 3.05) is 20.3 Å². The van der Waals surface area contributed by atoms with Gasteiger partial charge in [0.1, 0.15) is 18.7 Å². The molecule has 2 aromatic rings. The molecule has 1 aromatic carbocycles. The molecular formula is C16H17N3O3.